The molecule has 0 bridgehead atoms. The van der Waals surface area contributed by atoms with Gasteiger partial charge in [0, 0.05) is 19.3 Å². The van der Waals surface area contributed by atoms with E-state index in [0.29, 0.717) is 0 Å². The van der Waals surface area contributed by atoms with Gasteiger partial charge in [-0.1, -0.05) is 30.3 Å². The van der Waals surface area contributed by atoms with Crippen molar-refractivity contribution in [3.8, 4) is 0 Å². The average Bonchev–Trinajstić information content (AvgIpc) is 3.25. The van der Waals surface area contributed by atoms with Crippen LogP contribution in [0.25, 0.3) is 0 Å². The van der Waals surface area contributed by atoms with E-state index < -0.39 is 41.0 Å². The third-order valence-corrected chi connectivity index (χ3v) is 5.00. The van der Waals surface area contributed by atoms with E-state index in [1.807, 2.05) is 6.07 Å². The number of amides is 1. The predicted octanol–water partition coefficient (Wildman–Crippen LogP) is 1.00. The Hall–Kier alpha value is -2.70. The van der Waals surface area contributed by atoms with Crippen LogP contribution in [-0.2, 0) is 35.3 Å². The molecule has 2 aliphatic carbocycles. The molecule has 1 N–H and O–H groups in total. The largest absolute Gasteiger partial charge is 0.466 e. The summed E-state index contributed by atoms with van der Waals surface area (Å²) in [4.78, 5) is 49.2. The number of hydrogen-bond acceptors (Lipinski definition) is 6. The molecule has 7 heteroatoms. The van der Waals surface area contributed by atoms with Crippen molar-refractivity contribution in [1.29, 1.82) is 0 Å². The van der Waals surface area contributed by atoms with Crippen LogP contribution >= 0.6 is 0 Å². The van der Waals surface area contributed by atoms with Crippen molar-refractivity contribution in [3.63, 3.8) is 0 Å². The van der Waals surface area contributed by atoms with Crippen LogP contribution in [0.5, 0.6) is 0 Å². The Kier molecular flexibility index (Phi) is 4.80. The second kappa shape index (κ2) is 6.90. The second-order valence-corrected chi connectivity index (χ2v) is 6.65. The van der Waals surface area contributed by atoms with E-state index in [9.17, 15) is 19.2 Å². The summed E-state index contributed by atoms with van der Waals surface area (Å²) in [5, 5.41) is 2.49. The third kappa shape index (κ3) is 2.98. The van der Waals surface area contributed by atoms with E-state index in [4.69, 9.17) is 9.47 Å². The molecule has 0 spiro atoms. The first-order chi connectivity index (χ1) is 12.4. The van der Waals surface area contributed by atoms with E-state index >= 15 is 0 Å². The third-order valence-electron chi connectivity index (χ3n) is 5.00. The number of benzene rings is 1. The van der Waals surface area contributed by atoms with Crippen LogP contribution in [0.1, 0.15) is 25.8 Å². The van der Waals surface area contributed by atoms with E-state index in [-0.39, 0.29) is 25.6 Å². The monoisotopic (exact) mass is 359 g/mol. The normalized spacial score (nSPS) is 28.8. The number of fused-ring (bicyclic) bond motifs is 1. The molecule has 2 fully saturated rings. The fourth-order valence-electron chi connectivity index (χ4n) is 3.91. The minimum Gasteiger partial charge on any atom is -0.466 e. The first-order valence-electron chi connectivity index (χ1n) is 8.61. The van der Waals surface area contributed by atoms with Gasteiger partial charge in [0.25, 0.3) is 0 Å². The molecule has 1 aromatic carbocycles. The van der Waals surface area contributed by atoms with Gasteiger partial charge in [0.15, 0.2) is 5.78 Å². The highest BCUT2D eigenvalue weighted by molar-refractivity contribution is 6.15. The summed E-state index contributed by atoms with van der Waals surface area (Å²) in [6, 6.07) is 9.03. The molecule has 0 heterocycles. The van der Waals surface area contributed by atoms with E-state index in [0.717, 1.165) is 5.56 Å². The lowest BCUT2D eigenvalue weighted by Crippen LogP contribution is -2.61. The zero-order valence-electron chi connectivity index (χ0n) is 14.7. The van der Waals surface area contributed by atoms with Gasteiger partial charge in [-0.15, -0.1) is 0 Å². The molecule has 0 aromatic heterocycles. The molecule has 3 rings (SSSR count). The van der Waals surface area contributed by atoms with Gasteiger partial charge in [-0.3, -0.25) is 14.4 Å². The standard InChI is InChI=1S/C19H21NO6/c1-3-25-17(23)15-13-9-14(22)19(16(13)15,20-11(2)21)18(24)26-10-12-7-5-4-6-8-12/h4-8,13,15-16H,3,9-10H2,1-2H3,(H,20,21)/t13-,15-,16-,19-/m0/s1. The topological polar surface area (TPSA) is 98.8 Å². The number of carbonyl (C=O) groups excluding carboxylic acids is 4. The van der Waals surface area contributed by atoms with Crippen LogP contribution in [0.3, 0.4) is 0 Å². The second-order valence-electron chi connectivity index (χ2n) is 6.65. The van der Waals surface area contributed by atoms with Gasteiger partial charge in [0.2, 0.25) is 11.4 Å². The first kappa shape index (κ1) is 18.1. The molecule has 0 aliphatic heterocycles. The van der Waals surface area contributed by atoms with Crippen molar-refractivity contribution in [2.24, 2.45) is 17.8 Å². The van der Waals surface area contributed by atoms with Crippen molar-refractivity contribution in [2.45, 2.75) is 32.4 Å². The molecule has 4 atom stereocenters. The number of rotatable bonds is 6. The Labute approximate surface area is 151 Å². The summed E-state index contributed by atoms with van der Waals surface area (Å²) in [7, 11) is 0. The van der Waals surface area contributed by atoms with E-state index in [1.54, 1.807) is 31.2 Å². The lowest BCUT2D eigenvalue weighted by molar-refractivity contribution is -0.160. The molecule has 2 saturated carbocycles. The summed E-state index contributed by atoms with van der Waals surface area (Å²) in [6.45, 7) is 3.12. The summed E-state index contributed by atoms with van der Waals surface area (Å²) in [5.41, 5.74) is -1.04. The highest BCUT2D eigenvalue weighted by atomic mass is 16.5. The number of hydrogen-bond donors (Lipinski definition) is 1. The van der Waals surface area contributed by atoms with Crippen molar-refractivity contribution >= 4 is 23.6 Å². The van der Waals surface area contributed by atoms with E-state index in [1.165, 1.54) is 6.92 Å². The number of esters is 2. The lowest BCUT2D eigenvalue weighted by atomic mass is 9.88. The maximum atomic E-state index is 12.8. The SMILES string of the molecule is CCOC(=O)[C@H]1[C@@H]2CC(=O)[C@@](NC(C)=O)(C(=O)OCc3ccccc3)[C@@H]21. The molecule has 0 saturated heterocycles. The zero-order chi connectivity index (χ0) is 18.9. The van der Waals surface area contributed by atoms with Crippen molar-refractivity contribution in [1.82, 2.24) is 5.32 Å². The summed E-state index contributed by atoms with van der Waals surface area (Å²) < 4.78 is 10.4. The minimum atomic E-state index is -1.80. The van der Waals surface area contributed by atoms with Gasteiger partial charge in [-0.25, -0.2) is 4.79 Å². The smallest absolute Gasteiger partial charge is 0.340 e. The van der Waals surface area contributed by atoms with E-state index in [2.05, 4.69) is 5.32 Å². The van der Waals surface area contributed by atoms with Gasteiger partial charge in [-0.05, 0) is 18.4 Å². The molecule has 7 nitrogen and oxygen atoms in total. The van der Waals surface area contributed by atoms with Crippen LogP contribution in [-0.4, -0.2) is 35.8 Å². The van der Waals surface area contributed by atoms with Gasteiger partial charge >= 0.3 is 11.9 Å². The lowest BCUT2D eigenvalue weighted by Gasteiger charge is -2.29. The molecule has 1 amide bonds. The fraction of sp³-hybridized carbons (Fsp3) is 0.474. The molecule has 1 aromatic rings. The highest BCUT2D eigenvalue weighted by Crippen LogP contribution is 2.61. The Bertz CT molecular complexity index is 746. The molecular weight excluding hydrogens is 338 g/mol. The average molecular weight is 359 g/mol. The van der Waals surface area contributed by atoms with Crippen LogP contribution in [0.4, 0.5) is 0 Å². The summed E-state index contributed by atoms with van der Waals surface area (Å²) in [5.74, 6) is -3.67. The number of carbonyl (C=O) groups is 4. The quantitative estimate of drug-likeness (QED) is 0.601. The van der Waals surface area contributed by atoms with Crippen LogP contribution < -0.4 is 5.32 Å². The Balaban J connectivity index is 1.81. The number of ether oxygens (including phenoxy) is 2. The van der Waals surface area contributed by atoms with Crippen molar-refractivity contribution in [2.75, 3.05) is 6.61 Å². The van der Waals surface area contributed by atoms with Crippen LogP contribution in [0, 0.1) is 17.8 Å². The number of ketones is 1. The molecule has 138 valence electrons. The molecular formula is C19H21NO6. The summed E-state index contributed by atoms with van der Waals surface area (Å²) in [6.07, 6.45) is 0.0505. The predicted molar refractivity (Wildman–Crippen MR) is 89.5 cm³/mol. The number of Topliss-reactive ketones (excluding diaryl/α,β-unsaturated/α-hetero) is 1. The molecule has 26 heavy (non-hydrogen) atoms. The zero-order valence-corrected chi connectivity index (χ0v) is 14.7. The fourth-order valence-corrected chi connectivity index (χ4v) is 3.91. The Morgan fingerprint density at radius 1 is 1.19 bits per heavy atom. The maximum Gasteiger partial charge on any atom is 0.340 e. The Morgan fingerprint density at radius 3 is 2.50 bits per heavy atom. The van der Waals surface area contributed by atoms with Crippen molar-refractivity contribution < 1.29 is 28.7 Å². The molecule has 2 aliphatic rings. The van der Waals surface area contributed by atoms with Gasteiger partial charge in [-0.2, -0.15) is 0 Å². The van der Waals surface area contributed by atoms with Crippen LogP contribution in [0.2, 0.25) is 0 Å². The highest BCUT2D eigenvalue weighted by Gasteiger charge is 2.76. The maximum absolute atomic E-state index is 12.8. The molecule has 0 unspecified atom stereocenters. The first-order valence-corrected chi connectivity index (χ1v) is 8.61. The van der Waals surface area contributed by atoms with Gasteiger partial charge < -0.3 is 14.8 Å². The van der Waals surface area contributed by atoms with Gasteiger partial charge in [0.1, 0.15) is 6.61 Å². The Morgan fingerprint density at radius 2 is 1.88 bits per heavy atom. The van der Waals surface area contributed by atoms with Crippen molar-refractivity contribution in [3.05, 3.63) is 35.9 Å². The van der Waals surface area contributed by atoms with Crippen LogP contribution in [0.15, 0.2) is 30.3 Å². The number of nitrogens with one attached hydrogen (secondary N) is 1. The van der Waals surface area contributed by atoms with Gasteiger partial charge in [0.05, 0.1) is 12.5 Å². The molecule has 0 radical (unpaired) electrons. The summed E-state index contributed by atoms with van der Waals surface area (Å²) >= 11 is 0. The minimum absolute atomic E-state index is 0.0181.